The Hall–Kier alpha value is -1.92. The molecule has 0 spiro atoms. The summed E-state index contributed by atoms with van der Waals surface area (Å²) in [6, 6.07) is 3.42. The fourth-order valence-electron chi connectivity index (χ4n) is 0.985. The molecule has 15 heavy (non-hydrogen) atoms. The Balaban J connectivity index is 2.44. The second-order valence-electron chi connectivity index (χ2n) is 2.64. The highest BCUT2D eigenvalue weighted by molar-refractivity contribution is 5.23. The molecule has 1 radical (unpaired) electrons. The molecule has 7 heteroatoms. The predicted octanol–water partition coefficient (Wildman–Crippen LogP) is 1.48. The van der Waals surface area contributed by atoms with Crippen LogP contribution in [-0.2, 0) is 6.18 Å². The molecule has 0 fully saturated rings. The van der Waals surface area contributed by atoms with Crippen LogP contribution in [-0.4, -0.2) is 19.7 Å². The number of hydrogen-bond acceptors (Lipinski definition) is 3. The summed E-state index contributed by atoms with van der Waals surface area (Å²) in [6.45, 7) is 0. The van der Waals surface area contributed by atoms with Gasteiger partial charge in [0.25, 0.3) is 0 Å². The van der Waals surface area contributed by atoms with Gasteiger partial charge in [-0.15, -0.1) is 0 Å². The summed E-state index contributed by atoms with van der Waals surface area (Å²) in [5.74, 6) is 0.0542. The maximum atomic E-state index is 12.3. The SMILES string of the molecule is FC(F)(F)c1cc(-n2c[c]cn2)ncn1. The van der Waals surface area contributed by atoms with E-state index >= 15 is 0 Å². The monoisotopic (exact) mass is 213 g/mol. The van der Waals surface area contributed by atoms with Crippen LogP contribution >= 0.6 is 0 Å². The van der Waals surface area contributed by atoms with E-state index in [4.69, 9.17) is 0 Å². The maximum Gasteiger partial charge on any atom is 0.433 e. The number of rotatable bonds is 1. The van der Waals surface area contributed by atoms with E-state index in [0.717, 1.165) is 12.4 Å². The molecule has 0 aliphatic rings. The first-order valence-corrected chi connectivity index (χ1v) is 3.88. The molecule has 0 unspecified atom stereocenters. The van der Waals surface area contributed by atoms with E-state index < -0.39 is 11.9 Å². The van der Waals surface area contributed by atoms with Crippen molar-refractivity contribution in [2.45, 2.75) is 6.18 Å². The maximum absolute atomic E-state index is 12.3. The first kappa shape index (κ1) is 9.63. The molecule has 2 heterocycles. The van der Waals surface area contributed by atoms with Gasteiger partial charge >= 0.3 is 6.18 Å². The summed E-state index contributed by atoms with van der Waals surface area (Å²) < 4.78 is 38.0. The molecule has 0 saturated heterocycles. The molecular formula is C8H4F3N4. The smallest absolute Gasteiger partial charge is 0.232 e. The van der Waals surface area contributed by atoms with E-state index in [0.29, 0.717) is 0 Å². The molecule has 0 N–H and O–H groups in total. The molecule has 2 aromatic heterocycles. The average Bonchev–Trinajstić information content (AvgIpc) is 2.69. The van der Waals surface area contributed by atoms with E-state index in [2.05, 4.69) is 21.1 Å². The normalized spacial score (nSPS) is 11.7. The third kappa shape index (κ3) is 1.95. The molecule has 0 aliphatic carbocycles. The number of nitrogens with zero attached hydrogens (tertiary/aromatic N) is 4. The van der Waals surface area contributed by atoms with Crippen molar-refractivity contribution in [3.63, 3.8) is 0 Å². The van der Waals surface area contributed by atoms with Crippen LogP contribution in [0.25, 0.3) is 5.82 Å². The van der Waals surface area contributed by atoms with Crippen LogP contribution in [0.2, 0.25) is 0 Å². The van der Waals surface area contributed by atoms with E-state index in [1.807, 2.05) is 0 Å². The fourth-order valence-corrected chi connectivity index (χ4v) is 0.985. The average molecular weight is 213 g/mol. The Morgan fingerprint density at radius 2 is 2.07 bits per heavy atom. The second-order valence-corrected chi connectivity index (χ2v) is 2.64. The van der Waals surface area contributed by atoms with Crippen molar-refractivity contribution in [1.82, 2.24) is 19.7 Å². The van der Waals surface area contributed by atoms with Crippen LogP contribution in [0, 0.1) is 6.07 Å². The highest BCUT2D eigenvalue weighted by Gasteiger charge is 2.32. The van der Waals surface area contributed by atoms with Gasteiger partial charge in [0.05, 0.1) is 6.20 Å². The van der Waals surface area contributed by atoms with Crippen molar-refractivity contribution >= 4 is 0 Å². The molecule has 2 rings (SSSR count). The van der Waals surface area contributed by atoms with Gasteiger partial charge in [0.2, 0.25) is 0 Å². The molecule has 77 valence electrons. The minimum atomic E-state index is -4.48. The van der Waals surface area contributed by atoms with Crippen molar-refractivity contribution in [2.75, 3.05) is 0 Å². The highest BCUT2D eigenvalue weighted by Crippen LogP contribution is 2.27. The second kappa shape index (κ2) is 3.34. The van der Waals surface area contributed by atoms with Crippen LogP contribution in [0.15, 0.2) is 24.8 Å². The van der Waals surface area contributed by atoms with Crippen molar-refractivity contribution in [1.29, 1.82) is 0 Å². The molecule has 0 saturated carbocycles. The molecule has 2 aromatic rings. The van der Waals surface area contributed by atoms with Crippen molar-refractivity contribution in [3.05, 3.63) is 36.5 Å². The summed E-state index contributed by atoms with van der Waals surface area (Å²) >= 11 is 0. The molecule has 0 bridgehead atoms. The van der Waals surface area contributed by atoms with Crippen molar-refractivity contribution in [2.24, 2.45) is 0 Å². The van der Waals surface area contributed by atoms with Gasteiger partial charge in [-0.3, -0.25) is 0 Å². The lowest BCUT2D eigenvalue weighted by atomic mass is 10.4. The Morgan fingerprint density at radius 1 is 1.27 bits per heavy atom. The molecule has 0 atom stereocenters. The van der Waals surface area contributed by atoms with Crippen LogP contribution in [0.1, 0.15) is 5.69 Å². The molecule has 0 aliphatic heterocycles. The summed E-state index contributed by atoms with van der Waals surface area (Å²) in [7, 11) is 0. The highest BCUT2D eigenvalue weighted by atomic mass is 19.4. The van der Waals surface area contributed by atoms with E-state index in [-0.39, 0.29) is 5.82 Å². The minimum absolute atomic E-state index is 0.0542. The van der Waals surface area contributed by atoms with E-state index in [9.17, 15) is 13.2 Å². The largest absolute Gasteiger partial charge is 0.433 e. The van der Waals surface area contributed by atoms with Crippen LogP contribution in [0.5, 0.6) is 0 Å². The standard InChI is InChI=1S/C8H4F3N4/c9-8(10,11)6-4-7(13-5-12-6)15-3-1-2-14-15/h2-5H. The Labute approximate surface area is 82.4 Å². The third-order valence-corrected chi connectivity index (χ3v) is 1.63. The van der Waals surface area contributed by atoms with Gasteiger partial charge in [-0.05, 0) is 0 Å². The van der Waals surface area contributed by atoms with E-state index in [1.54, 1.807) is 0 Å². The number of alkyl halides is 3. The summed E-state index contributed by atoms with van der Waals surface area (Å²) in [4.78, 5) is 6.80. The van der Waals surface area contributed by atoms with Gasteiger partial charge in [-0.1, -0.05) is 0 Å². The Bertz CT molecular complexity index is 449. The zero-order valence-corrected chi connectivity index (χ0v) is 7.23. The van der Waals surface area contributed by atoms with E-state index in [1.165, 1.54) is 17.1 Å². The Morgan fingerprint density at radius 3 is 2.67 bits per heavy atom. The molecule has 0 amide bonds. The summed E-state index contributed by atoms with van der Waals surface area (Å²) in [6.07, 6.45) is -0.924. The minimum Gasteiger partial charge on any atom is -0.232 e. The van der Waals surface area contributed by atoms with Gasteiger partial charge in [0, 0.05) is 18.3 Å². The zero-order valence-electron chi connectivity index (χ0n) is 7.23. The number of halogens is 3. The predicted molar refractivity (Wildman–Crippen MR) is 43.0 cm³/mol. The molecule has 4 nitrogen and oxygen atoms in total. The lowest BCUT2D eigenvalue weighted by Gasteiger charge is -2.06. The van der Waals surface area contributed by atoms with Crippen LogP contribution in [0.4, 0.5) is 13.2 Å². The lowest BCUT2D eigenvalue weighted by molar-refractivity contribution is -0.141. The van der Waals surface area contributed by atoms with Gasteiger partial charge in [0.15, 0.2) is 5.82 Å². The topological polar surface area (TPSA) is 43.6 Å². The van der Waals surface area contributed by atoms with Gasteiger partial charge in [-0.2, -0.15) is 18.3 Å². The van der Waals surface area contributed by atoms with Crippen LogP contribution in [0.3, 0.4) is 0 Å². The quantitative estimate of drug-likeness (QED) is 0.720. The van der Waals surface area contributed by atoms with Gasteiger partial charge < -0.3 is 0 Å². The first-order valence-electron chi connectivity index (χ1n) is 3.88. The number of hydrogen-bond donors (Lipinski definition) is 0. The summed E-state index contributed by atoms with van der Waals surface area (Å²) in [5.41, 5.74) is -0.997. The van der Waals surface area contributed by atoms with Gasteiger partial charge in [0.1, 0.15) is 12.0 Å². The fraction of sp³-hybridized carbons (Fsp3) is 0.125. The van der Waals surface area contributed by atoms with Crippen molar-refractivity contribution in [3.8, 4) is 5.82 Å². The van der Waals surface area contributed by atoms with Crippen LogP contribution < -0.4 is 0 Å². The number of aromatic nitrogens is 4. The molecule has 0 aromatic carbocycles. The van der Waals surface area contributed by atoms with Crippen molar-refractivity contribution < 1.29 is 13.2 Å². The summed E-state index contributed by atoms with van der Waals surface area (Å²) in [5, 5.41) is 3.71. The zero-order chi connectivity index (χ0) is 10.9. The first-order chi connectivity index (χ1) is 7.07. The lowest BCUT2D eigenvalue weighted by Crippen LogP contribution is -2.10. The third-order valence-electron chi connectivity index (χ3n) is 1.63. The van der Waals surface area contributed by atoms with Gasteiger partial charge in [-0.25, -0.2) is 14.6 Å². The Kier molecular flexibility index (Phi) is 2.14. The molecular weight excluding hydrogens is 209 g/mol.